The number of methoxy groups -OCH3 is 3. The Morgan fingerprint density at radius 2 is 1.78 bits per heavy atom. The summed E-state index contributed by atoms with van der Waals surface area (Å²) in [5.41, 5.74) is 2.79. The lowest BCUT2D eigenvalue weighted by Crippen LogP contribution is -2.12. The van der Waals surface area contributed by atoms with Crippen LogP contribution in [0.1, 0.15) is 23.1 Å². The van der Waals surface area contributed by atoms with E-state index < -0.39 is 5.97 Å². The fraction of sp³-hybridized carbons (Fsp3) is 0.421. The molecule has 0 aliphatic carbocycles. The molecule has 8 heteroatoms. The van der Waals surface area contributed by atoms with Gasteiger partial charge in [0.1, 0.15) is 5.69 Å². The van der Waals surface area contributed by atoms with E-state index in [9.17, 15) is 4.79 Å². The monoisotopic (exact) mass is 440 g/mol. The molecule has 0 aliphatic heterocycles. The van der Waals surface area contributed by atoms with E-state index in [1.165, 1.54) is 0 Å². The van der Waals surface area contributed by atoms with E-state index in [-0.39, 0.29) is 0 Å². The van der Waals surface area contributed by atoms with Gasteiger partial charge in [0, 0.05) is 23.4 Å². The van der Waals surface area contributed by atoms with Crippen molar-refractivity contribution >= 4 is 21.9 Å². The Labute approximate surface area is 167 Å². The van der Waals surface area contributed by atoms with Gasteiger partial charge in [0.25, 0.3) is 0 Å². The average molecular weight is 441 g/mol. The zero-order valence-electron chi connectivity index (χ0n) is 16.4. The van der Waals surface area contributed by atoms with Gasteiger partial charge in [-0.2, -0.15) is 0 Å². The Morgan fingerprint density at radius 1 is 1.11 bits per heavy atom. The van der Waals surface area contributed by atoms with Crippen molar-refractivity contribution in [2.75, 3.05) is 42.0 Å². The molecular formula is C19H25BrN2O5. The summed E-state index contributed by atoms with van der Waals surface area (Å²) in [6.07, 6.45) is 0. The molecule has 1 heterocycles. The molecule has 1 N–H and O–H groups in total. The van der Waals surface area contributed by atoms with Crippen LogP contribution in [0.5, 0.6) is 17.2 Å². The maximum Gasteiger partial charge on any atom is 0.355 e. The molecule has 2 rings (SSSR count). The van der Waals surface area contributed by atoms with Gasteiger partial charge in [0.15, 0.2) is 11.5 Å². The quantitative estimate of drug-likeness (QED) is 0.630. The highest BCUT2D eigenvalue weighted by Crippen LogP contribution is 2.47. The SMILES string of the molecule is CCOC(=O)c1[nH]c(CN(C)C)c(-c2ccc(OC)c(OC)c2OC)c1Br. The summed E-state index contributed by atoms with van der Waals surface area (Å²) in [6, 6.07) is 3.68. The number of nitrogens with zero attached hydrogens (tertiary/aromatic N) is 1. The summed E-state index contributed by atoms with van der Waals surface area (Å²) in [5, 5.41) is 0. The largest absolute Gasteiger partial charge is 0.493 e. The van der Waals surface area contributed by atoms with Gasteiger partial charge in [-0.15, -0.1) is 0 Å². The van der Waals surface area contributed by atoms with Crippen LogP contribution in [0.4, 0.5) is 0 Å². The summed E-state index contributed by atoms with van der Waals surface area (Å²) < 4.78 is 22.3. The number of aromatic amines is 1. The molecule has 1 aromatic carbocycles. The number of esters is 1. The zero-order chi connectivity index (χ0) is 20.1. The van der Waals surface area contributed by atoms with Crippen molar-refractivity contribution in [3.05, 3.63) is 28.0 Å². The second-order valence-corrected chi connectivity index (χ2v) is 6.80. The molecule has 1 aromatic heterocycles. The first kappa shape index (κ1) is 21.1. The number of rotatable bonds is 8. The summed E-state index contributed by atoms with van der Waals surface area (Å²) in [6.45, 7) is 2.65. The third-order valence-electron chi connectivity index (χ3n) is 3.94. The number of carbonyl (C=O) groups is 1. The minimum Gasteiger partial charge on any atom is -0.493 e. The minimum absolute atomic E-state index is 0.294. The van der Waals surface area contributed by atoms with E-state index in [4.69, 9.17) is 18.9 Å². The van der Waals surface area contributed by atoms with Gasteiger partial charge in [-0.1, -0.05) is 0 Å². The van der Waals surface area contributed by atoms with E-state index in [1.807, 2.05) is 25.1 Å². The Hall–Kier alpha value is -2.19. The Balaban J connectivity index is 2.75. The first-order chi connectivity index (χ1) is 12.9. The van der Waals surface area contributed by atoms with E-state index in [2.05, 4.69) is 20.9 Å². The summed E-state index contributed by atoms with van der Waals surface area (Å²) in [5.74, 6) is 1.14. The maximum atomic E-state index is 12.4. The van der Waals surface area contributed by atoms with Gasteiger partial charge in [0.05, 0.1) is 32.4 Å². The molecule has 0 radical (unpaired) electrons. The molecule has 0 fully saturated rings. The molecule has 7 nitrogen and oxygen atoms in total. The lowest BCUT2D eigenvalue weighted by atomic mass is 10.0. The maximum absolute atomic E-state index is 12.4. The molecule has 0 amide bonds. The lowest BCUT2D eigenvalue weighted by molar-refractivity contribution is 0.0519. The highest BCUT2D eigenvalue weighted by molar-refractivity contribution is 9.10. The molecule has 0 saturated heterocycles. The molecule has 0 unspecified atom stereocenters. The minimum atomic E-state index is -0.421. The highest BCUT2D eigenvalue weighted by atomic mass is 79.9. The number of hydrogen-bond donors (Lipinski definition) is 1. The molecule has 0 spiro atoms. The average Bonchev–Trinajstić information content (AvgIpc) is 2.95. The third kappa shape index (κ3) is 4.22. The Kier molecular flexibility index (Phi) is 7.15. The molecule has 0 aliphatic rings. The van der Waals surface area contributed by atoms with Crippen molar-refractivity contribution in [2.45, 2.75) is 13.5 Å². The molecule has 0 atom stereocenters. The van der Waals surface area contributed by atoms with E-state index >= 15 is 0 Å². The van der Waals surface area contributed by atoms with Crippen molar-refractivity contribution in [3.63, 3.8) is 0 Å². The van der Waals surface area contributed by atoms with Crippen molar-refractivity contribution in [3.8, 4) is 28.4 Å². The van der Waals surface area contributed by atoms with Gasteiger partial charge in [0.2, 0.25) is 5.75 Å². The first-order valence-electron chi connectivity index (χ1n) is 8.41. The molecule has 148 valence electrons. The third-order valence-corrected chi connectivity index (χ3v) is 4.74. The van der Waals surface area contributed by atoms with Crippen LogP contribution in [0.15, 0.2) is 16.6 Å². The predicted octanol–water partition coefficient (Wildman–Crippen LogP) is 3.71. The smallest absolute Gasteiger partial charge is 0.355 e. The van der Waals surface area contributed by atoms with Gasteiger partial charge in [-0.3, -0.25) is 0 Å². The number of halogens is 1. The Bertz CT molecular complexity index is 817. The fourth-order valence-corrected chi connectivity index (χ4v) is 3.60. The standard InChI is InChI=1S/C19H25BrN2O5/c1-7-27-19(23)16-15(20)14(12(21-16)10-22(2)3)11-8-9-13(24-4)18(26-6)17(11)25-5/h8-9,21H,7,10H2,1-6H3. The molecular weight excluding hydrogens is 416 g/mol. The Morgan fingerprint density at radius 3 is 2.30 bits per heavy atom. The van der Waals surface area contributed by atoms with Gasteiger partial charge in [-0.05, 0) is 49.1 Å². The van der Waals surface area contributed by atoms with Gasteiger partial charge < -0.3 is 28.8 Å². The van der Waals surface area contributed by atoms with Crippen LogP contribution in [0, 0.1) is 0 Å². The van der Waals surface area contributed by atoms with E-state index in [1.54, 1.807) is 34.3 Å². The zero-order valence-corrected chi connectivity index (χ0v) is 18.0. The number of nitrogens with one attached hydrogen (secondary N) is 1. The molecule has 0 bridgehead atoms. The van der Waals surface area contributed by atoms with Crippen LogP contribution < -0.4 is 14.2 Å². The van der Waals surface area contributed by atoms with Crippen molar-refractivity contribution in [1.29, 1.82) is 0 Å². The number of aromatic nitrogens is 1. The highest BCUT2D eigenvalue weighted by Gasteiger charge is 2.27. The molecule has 2 aromatic rings. The summed E-state index contributed by atoms with van der Waals surface area (Å²) in [7, 11) is 8.60. The summed E-state index contributed by atoms with van der Waals surface area (Å²) in [4.78, 5) is 17.5. The van der Waals surface area contributed by atoms with Crippen LogP contribution in [-0.2, 0) is 11.3 Å². The van der Waals surface area contributed by atoms with Crippen molar-refractivity contribution in [2.24, 2.45) is 0 Å². The second-order valence-electron chi connectivity index (χ2n) is 6.01. The second kappa shape index (κ2) is 9.14. The van der Waals surface area contributed by atoms with E-state index in [0.717, 1.165) is 16.8 Å². The molecule has 27 heavy (non-hydrogen) atoms. The molecule has 0 saturated carbocycles. The number of hydrogen-bond acceptors (Lipinski definition) is 6. The fourth-order valence-electron chi connectivity index (χ4n) is 2.88. The van der Waals surface area contributed by atoms with E-state index in [0.29, 0.717) is 40.6 Å². The number of carbonyl (C=O) groups excluding carboxylic acids is 1. The predicted molar refractivity (Wildman–Crippen MR) is 107 cm³/mol. The van der Waals surface area contributed by atoms with Gasteiger partial charge in [-0.25, -0.2) is 4.79 Å². The van der Waals surface area contributed by atoms with Gasteiger partial charge >= 0.3 is 5.97 Å². The lowest BCUT2D eigenvalue weighted by Gasteiger charge is -2.17. The van der Waals surface area contributed by atoms with Crippen molar-refractivity contribution < 1.29 is 23.7 Å². The van der Waals surface area contributed by atoms with Crippen molar-refractivity contribution in [1.82, 2.24) is 9.88 Å². The normalized spacial score (nSPS) is 10.8. The summed E-state index contributed by atoms with van der Waals surface area (Å²) >= 11 is 3.57. The topological polar surface area (TPSA) is 73.0 Å². The van der Waals surface area contributed by atoms with Crippen LogP contribution >= 0.6 is 15.9 Å². The number of benzene rings is 1. The van der Waals surface area contributed by atoms with Crippen LogP contribution in [0.25, 0.3) is 11.1 Å². The van der Waals surface area contributed by atoms with Crippen LogP contribution in [-0.4, -0.2) is 57.9 Å². The number of H-pyrrole nitrogens is 1. The van der Waals surface area contributed by atoms with Crippen LogP contribution in [0.2, 0.25) is 0 Å². The van der Waals surface area contributed by atoms with Crippen LogP contribution in [0.3, 0.4) is 0 Å². The number of ether oxygens (including phenoxy) is 4. The first-order valence-corrected chi connectivity index (χ1v) is 9.20.